The van der Waals surface area contributed by atoms with Crippen molar-refractivity contribution in [2.24, 2.45) is 5.10 Å². The number of para-hydroxylation sites is 1. The lowest BCUT2D eigenvalue weighted by Crippen LogP contribution is -2.19. The van der Waals surface area contributed by atoms with Gasteiger partial charge in [-0.3, -0.25) is 4.79 Å². The Morgan fingerprint density at radius 3 is 2.74 bits per heavy atom. The molecule has 4 nitrogen and oxygen atoms in total. The van der Waals surface area contributed by atoms with Crippen LogP contribution in [0.5, 0.6) is 0 Å². The second-order valence-electron chi connectivity index (χ2n) is 5.12. The van der Waals surface area contributed by atoms with Gasteiger partial charge in [0.15, 0.2) is 0 Å². The van der Waals surface area contributed by atoms with Crippen LogP contribution in [-0.2, 0) is 11.2 Å². The molecule has 4 heteroatoms. The highest BCUT2D eigenvalue weighted by Crippen LogP contribution is 2.17. The summed E-state index contributed by atoms with van der Waals surface area (Å²) in [6.07, 6.45) is 7.45. The topological polar surface area (TPSA) is 57.2 Å². The van der Waals surface area contributed by atoms with E-state index in [1.807, 2.05) is 66.9 Å². The SMILES string of the molecule is O=C(Cc1c[nH]c2ccccc12)N/N=C\C=C\c1ccccc1. The minimum Gasteiger partial charge on any atom is -0.361 e. The fourth-order valence-corrected chi connectivity index (χ4v) is 2.36. The Morgan fingerprint density at radius 1 is 1.09 bits per heavy atom. The number of fused-ring (bicyclic) bond motifs is 1. The van der Waals surface area contributed by atoms with E-state index in [4.69, 9.17) is 0 Å². The number of amides is 1. The number of nitrogens with zero attached hydrogens (tertiary/aromatic N) is 1. The molecule has 0 saturated heterocycles. The number of aromatic nitrogens is 1. The molecule has 0 spiro atoms. The van der Waals surface area contributed by atoms with Crippen molar-refractivity contribution in [1.82, 2.24) is 10.4 Å². The van der Waals surface area contributed by atoms with E-state index in [0.717, 1.165) is 22.0 Å². The lowest BCUT2D eigenvalue weighted by atomic mass is 10.1. The Hall–Kier alpha value is -3.14. The number of carbonyl (C=O) groups is 1. The maximum atomic E-state index is 11.9. The molecule has 114 valence electrons. The Bertz CT molecular complexity index is 847. The average molecular weight is 303 g/mol. The number of hydrogen-bond donors (Lipinski definition) is 2. The van der Waals surface area contributed by atoms with Crippen LogP contribution in [0.4, 0.5) is 0 Å². The number of rotatable bonds is 5. The summed E-state index contributed by atoms with van der Waals surface area (Å²) < 4.78 is 0. The van der Waals surface area contributed by atoms with Gasteiger partial charge in [0.2, 0.25) is 5.91 Å². The molecule has 3 rings (SSSR count). The van der Waals surface area contributed by atoms with E-state index in [9.17, 15) is 4.79 Å². The van der Waals surface area contributed by atoms with Crippen molar-refractivity contribution in [3.8, 4) is 0 Å². The fraction of sp³-hybridized carbons (Fsp3) is 0.0526. The molecule has 23 heavy (non-hydrogen) atoms. The Morgan fingerprint density at radius 2 is 1.87 bits per heavy atom. The molecule has 0 fully saturated rings. The molecule has 1 amide bonds. The molecular formula is C19H17N3O. The summed E-state index contributed by atoms with van der Waals surface area (Å²) in [6.45, 7) is 0. The third-order valence-electron chi connectivity index (χ3n) is 3.46. The quantitative estimate of drug-likeness (QED) is 0.550. The van der Waals surface area contributed by atoms with Crippen molar-refractivity contribution >= 4 is 29.1 Å². The summed E-state index contributed by atoms with van der Waals surface area (Å²) in [5, 5.41) is 4.99. The summed E-state index contributed by atoms with van der Waals surface area (Å²) in [5.74, 6) is -0.140. The largest absolute Gasteiger partial charge is 0.361 e. The minimum atomic E-state index is -0.140. The molecule has 0 saturated carbocycles. The van der Waals surface area contributed by atoms with Crippen molar-refractivity contribution in [2.75, 3.05) is 0 Å². The van der Waals surface area contributed by atoms with E-state index in [2.05, 4.69) is 15.5 Å². The second kappa shape index (κ2) is 7.22. The van der Waals surface area contributed by atoms with Gasteiger partial charge in [0.1, 0.15) is 0 Å². The fourth-order valence-electron chi connectivity index (χ4n) is 2.36. The van der Waals surface area contributed by atoms with E-state index < -0.39 is 0 Å². The second-order valence-corrected chi connectivity index (χ2v) is 5.12. The van der Waals surface area contributed by atoms with Crippen molar-refractivity contribution in [3.05, 3.63) is 78.0 Å². The van der Waals surface area contributed by atoms with Crippen molar-refractivity contribution in [3.63, 3.8) is 0 Å². The molecule has 3 aromatic rings. The molecule has 0 bridgehead atoms. The van der Waals surface area contributed by atoms with Crippen LogP contribution in [0.2, 0.25) is 0 Å². The molecule has 0 unspecified atom stereocenters. The smallest absolute Gasteiger partial charge is 0.244 e. The zero-order valence-electron chi connectivity index (χ0n) is 12.6. The van der Waals surface area contributed by atoms with E-state index in [-0.39, 0.29) is 5.91 Å². The maximum absolute atomic E-state index is 11.9. The average Bonchev–Trinajstić information content (AvgIpc) is 2.99. The van der Waals surface area contributed by atoms with E-state index in [1.54, 1.807) is 12.3 Å². The van der Waals surface area contributed by atoms with Gasteiger partial charge in [-0.2, -0.15) is 5.10 Å². The van der Waals surface area contributed by atoms with Crippen LogP contribution < -0.4 is 5.43 Å². The summed E-state index contributed by atoms with van der Waals surface area (Å²) in [5.41, 5.74) is 5.62. The van der Waals surface area contributed by atoms with Gasteiger partial charge in [-0.1, -0.05) is 54.6 Å². The molecule has 2 aromatic carbocycles. The number of aromatic amines is 1. The summed E-state index contributed by atoms with van der Waals surface area (Å²) >= 11 is 0. The zero-order valence-corrected chi connectivity index (χ0v) is 12.6. The van der Waals surface area contributed by atoms with Gasteiger partial charge in [0, 0.05) is 23.3 Å². The highest BCUT2D eigenvalue weighted by molar-refractivity contribution is 5.89. The summed E-state index contributed by atoms with van der Waals surface area (Å²) in [4.78, 5) is 15.1. The molecule has 0 aliphatic heterocycles. The van der Waals surface area contributed by atoms with E-state index in [1.165, 1.54) is 0 Å². The molecular weight excluding hydrogens is 286 g/mol. The van der Waals surface area contributed by atoms with Crippen LogP contribution in [0.1, 0.15) is 11.1 Å². The first kappa shape index (κ1) is 14.8. The van der Waals surface area contributed by atoms with Gasteiger partial charge in [0.05, 0.1) is 6.42 Å². The number of benzene rings is 2. The Kier molecular flexibility index (Phi) is 4.64. The van der Waals surface area contributed by atoms with Gasteiger partial charge < -0.3 is 4.98 Å². The minimum absolute atomic E-state index is 0.140. The zero-order chi connectivity index (χ0) is 15.9. The molecule has 1 heterocycles. The third-order valence-corrected chi connectivity index (χ3v) is 3.46. The molecule has 0 radical (unpaired) electrons. The van der Waals surface area contributed by atoms with E-state index in [0.29, 0.717) is 6.42 Å². The molecule has 2 N–H and O–H groups in total. The predicted molar refractivity (Wildman–Crippen MR) is 94.1 cm³/mol. The monoisotopic (exact) mass is 303 g/mol. The molecule has 0 aliphatic carbocycles. The number of nitrogens with one attached hydrogen (secondary N) is 2. The Labute approximate surface area is 134 Å². The summed E-state index contributed by atoms with van der Waals surface area (Å²) in [7, 11) is 0. The van der Waals surface area contributed by atoms with Crippen LogP contribution in [0, 0.1) is 0 Å². The van der Waals surface area contributed by atoms with Crippen LogP contribution in [-0.4, -0.2) is 17.1 Å². The van der Waals surface area contributed by atoms with Crippen molar-refractivity contribution in [1.29, 1.82) is 0 Å². The number of carbonyl (C=O) groups excluding carboxylic acids is 1. The normalized spacial score (nSPS) is 11.5. The number of hydrazone groups is 1. The van der Waals surface area contributed by atoms with Crippen LogP contribution in [0.15, 0.2) is 72.0 Å². The maximum Gasteiger partial charge on any atom is 0.244 e. The van der Waals surface area contributed by atoms with Gasteiger partial charge in [-0.25, -0.2) is 5.43 Å². The Balaban J connectivity index is 1.53. The number of H-pyrrole nitrogens is 1. The first-order valence-electron chi connectivity index (χ1n) is 7.41. The lowest BCUT2D eigenvalue weighted by molar-refractivity contribution is -0.120. The van der Waals surface area contributed by atoms with Gasteiger partial charge in [0.25, 0.3) is 0 Å². The van der Waals surface area contributed by atoms with Crippen LogP contribution in [0.25, 0.3) is 17.0 Å². The molecule has 0 aliphatic rings. The van der Waals surface area contributed by atoms with E-state index >= 15 is 0 Å². The third kappa shape index (κ3) is 3.95. The highest BCUT2D eigenvalue weighted by atomic mass is 16.2. The number of allylic oxidation sites excluding steroid dienone is 1. The first-order chi connectivity index (χ1) is 11.3. The molecule has 1 aromatic heterocycles. The van der Waals surface area contributed by atoms with Gasteiger partial charge in [-0.05, 0) is 23.3 Å². The summed E-state index contributed by atoms with van der Waals surface area (Å²) in [6, 6.07) is 17.8. The first-order valence-corrected chi connectivity index (χ1v) is 7.41. The molecule has 0 atom stereocenters. The van der Waals surface area contributed by atoms with Gasteiger partial charge >= 0.3 is 0 Å². The predicted octanol–water partition coefficient (Wildman–Crippen LogP) is 3.53. The highest BCUT2D eigenvalue weighted by Gasteiger charge is 2.07. The standard InChI is InChI=1S/C19H17N3O/c23-19(13-16-14-20-18-11-5-4-10-17(16)18)22-21-12-6-9-15-7-2-1-3-8-15/h1-12,14,20H,13H2,(H,22,23)/b9-6+,21-12-. The van der Waals surface area contributed by atoms with Crippen LogP contribution in [0.3, 0.4) is 0 Å². The lowest BCUT2D eigenvalue weighted by Gasteiger charge is -1.98. The van der Waals surface area contributed by atoms with Crippen molar-refractivity contribution < 1.29 is 4.79 Å². The van der Waals surface area contributed by atoms with Crippen molar-refractivity contribution in [2.45, 2.75) is 6.42 Å². The van der Waals surface area contributed by atoms with Crippen LogP contribution >= 0.6 is 0 Å². The van der Waals surface area contributed by atoms with Gasteiger partial charge in [-0.15, -0.1) is 0 Å². The number of hydrogen-bond acceptors (Lipinski definition) is 2.